The average Bonchev–Trinajstić information content (AvgIpc) is 3.05. The predicted octanol–water partition coefficient (Wildman–Crippen LogP) is 6.02. The van der Waals surface area contributed by atoms with Crippen molar-refractivity contribution >= 4 is 18.1 Å². The van der Waals surface area contributed by atoms with Crippen LogP contribution in [0.4, 0.5) is 5.69 Å². The van der Waals surface area contributed by atoms with Gasteiger partial charge in [-0.15, -0.1) is 0 Å². The Kier molecular flexibility index (Phi) is 4.89. The SMILES string of the molecule is Cc1ccc(C)c2c1-c1c(C)ccn1B(c1c(C(C)C)cccc1C(C)C)N2C. The van der Waals surface area contributed by atoms with Gasteiger partial charge < -0.3 is 9.29 Å². The fraction of sp³-hybridized carbons (Fsp3) is 0.385. The molecule has 1 aliphatic rings. The van der Waals surface area contributed by atoms with Crippen molar-refractivity contribution in [1.29, 1.82) is 0 Å². The number of nitrogens with zero attached hydrogens (tertiary/aromatic N) is 2. The minimum atomic E-state index is 0.169. The highest BCUT2D eigenvalue weighted by Crippen LogP contribution is 2.42. The van der Waals surface area contributed by atoms with Crippen LogP contribution in [0.1, 0.15) is 67.3 Å². The highest BCUT2D eigenvalue weighted by molar-refractivity contribution is 6.77. The molecular formula is C26H33BN2. The molecule has 0 N–H and O–H groups in total. The second-order valence-corrected chi connectivity index (χ2v) is 9.32. The molecule has 3 heteroatoms. The third-order valence-electron chi connectivity index (χ3n) is 6.60. The summed E-state index contributed by atoms with van der Waals surface area (Å²) in [6, 6.07) is 13.7. The second kappa shape index (κ2) is 7.13. The van der Waals surface area contributed by atoms with Crippen LogP contribution < -0.4 is 10.3 Å². The van der Waals surface area contributed by atoms with Crippen molar-refractivity contribution in [3.8, 4) is 11.3 Å². The van der Waals surface area contributed by atoms with Crippen LogP contribution in [-0.2, 0) is 0 Å². The highest BCUT2D eigenvalue weighted by Gasteiger charge is 2.39. The molecule has 2 heterocycles. The van der Waals surface area contributed by atoms with E-state index in [2.05, 4.69) is 107 Å². The molecule has 0 saturated carbocycles. The molecule has 2 nitrogen and oxygen atoms in total. The van der Waals surface area contributed by atoms with Gasteiger partial charge in [-0.25, -0.2) is 0 Å². The van der Waals surface area contributed by atoms with Crippen LogP contribution in [0.25, 0.3) is 11.3 Å². The van der Waals surface area contributed by atoms with Crippen molar-refractivity contribution in [3.05, 3.63) is 70.4 Å². The number of anilines is 1. The quantitative estimate of drug-likeness (QED) is 0.501. The highest BCUT2D eigenvalue weighted by atomic mass is 15.2. The van der Waals surface area contributed by atoms with Gasteiger partial charge in [0.15, 0.2) is 0 Å². The van der Waals surface area contributed by atoms with E-state index in [0.717, 1.165) is 0 Å². The normalized spacial score (nSPS) is 13.3. The fourth-order valence-corrected chi connectivity index (χ4v) is 5.18. The summed E-state index contributed by atoms with van der Waals surface area (Å²) in [5, 5.41) is 0. The van der Waals surface area contributed by atoms with Gasteiger partial charge in [0.25, 0.3) is 0 Å². The van der Waals surface area contributed by atoms with Crippen molar-refractivity contribution in [2.24, 2.45) is 0 Å². The van der Waals surface area contributed by atoms with Crippen LogP contribution in [0.2, 0.25) is 0 Å². The third-order valence-corrected chi connectivity index (χ3v) is 6.60. The van der Waals surface area contributed by atoms with E-state index in [1.807, 2.05) is 0 Å². The van der Waals surface area contributed by atoms with Crippen LogP contribution in [0, 0.1) is 20.8 Å². The van der Waals surface area contributed by atoms with E-state index in [-0.39, 0.29) is 6.98 Å². The van der Waals surface area contributed by atoms with Crippen molar-refractivity contribution in [1.82, 2.24) is 4.48 Å². The summed E-state index contributed by atoms with van der Waals surface area (Å²) in [5.74, 6) is 0.967. The first-order chi connectivity index (χ1) is 13.7. The van der Waals surface area contributed by atoms with Crippen molar-refractivity contribution < 1.29 is 0 Å². The molecule has 0 radical (unpaired) electrons. The number of hydrogen-bond donors (Lipinski definition) is 0. The monoisotopic (exact) mass is 384 g/mol. The Morgan fingerprint density at radius 2 is 1.34 bits per heavy atom. The number of rotatable bonds is 3. The second-order valence-electron chi connectivity index (χ2n) is 9.32. The Labute approximate surface area is 176 Å². The molecule has 0 unspecified atom stereocenters. The maximum absolute atomic E-state index is 2.51. The zero-order valence-corrected chi connectivity index (χ0v) is 19.2. The predicted molar refractivity (Wildman–Crippen MR) is 128 cm³/mol. The molecule has 29 heavy (non-hydrogen) atoms. The standard InChI is InChI=1S/C26H33BN2/c1-16(2)21-10-9-11-22(17(3)4)24(21)27-28(8)25-19(6)13-12-18(5)23(25)26-20(7)14-15-29(26)27/h9-17H,1-8H3. The van der Waals surface area contributed by atoms with Gasteiger partial charge in [-0.3, -0.25) is 0 Å². The fourth-order valence-electron chi connectivity index (χ4n) is 5.18. The number of aryl methyl sites for hydroxylation is 3. The Morgan fingerprint density at radius 3 is 1.93 bits per heavy atom. The first kappa shape index (κ1) is 19.9. The van der Waals surface area contributed by atoms with Crippen molar-refractivity contribution in [2.75, 3.05) is 11.9 Å². The van der Waals surface area contributed by atoms with Gasteiger partial charge in [0.05, 0.1) is 0 Å². The molecule has 0 saturated heterocycles. The Balaban J connectivity index is 2.09. The van der Waals surface area contributed by atoms with Gasteiger partial charge in [-0.2, -0.15) is 0 Å². The van der Waals surface area contributed by atoms with Gasteiger partial charge in [0.1, 0.15) is 0 Å². The molecule has 2 aromatic carbocycles. The molecule has 0 spiro atoms. The van der Waals surface area contributed by atoms with Crippen LogP contribution in [-0.4, -0.2) is 18.5 Å². The zero-order chi connectivity index (χ0) is 21.0. The molecule has 1 aliphatic heterocycles. The van der Waals surface area contributed by atoms with E-state index >= 15 is 0 Å². The lowest BCUT2D eigenvalue weighted by atomic mass is 9.57. The number of aromatic nitrogens is 1. The lowest BCUT2D eigenvalue weighted by molar-refractivity contribution is 0.842. The molecule has 1 aromatic heterocycles. The number of benzene rings is 2. The summed E-state index contributed by atoms with van der Waals surface area (Å²) in [5.41, 5.74) is 12.6. The molecule has 4 rings (SSSR count). The van der Waals surface area contributed by atoms with Gasteiger partial charge in [-0.05, 0) is 85.2 Å². The summed E-state index contributed by atoms with van der Waals surface area (Å²) in [4.78, 5) is 2.51. The Hall–Kier alpha value is -2.42. The summed E-state index contributed by atoms with van der Waals surface area (Å²) >= 11 is 0. The lowest BCUT2D eigenvalue weighted by Crippen LogP contribution is -2.57. The maximum atomic E-state index is 2.51. The Morgan fingerprint density at radius 1 is 0.759 bits per heavy atom. The number of hydrogen-bond acceptors (Lipinski definition) is 1. The van der Waals surface area contributed by atoms with E-state index in [0.29, 0.717) is 11.8 Å². The molecule has 0 bridgehead atoms. The minimum absolute atomic E-state index is 0.169. The summed E-state index contributed by atoms with van der Waals surface area (Å²) in [6.45, 7) is 16.2. The molecule has 0 fully saturated rings. The summed E-state index contributed by atoms with van der Waals surface area (Å²) < 4.78 is 2.51. The van der Waals surface area contributed by atoms with Crippen molar-refractivity contribution in [3.63, 3.8) is 0 Å². The molecule has 3 aromatic rings. The van der Waals surface area contributed by atoms with E-state index in [1.165, 1.54) is 50.2 Å². The van der Waals surface area contributed by atoms with Crippen LogP contribution in [0.5, 0.6) is 0 Å². The first-order valence-electron chi connectivity index (χ1n) is 10.9. The molecular weight excluding hydrogens is 351 g/mol. The minimum Gasteiger partial charge on any atom is -0.394 e. The van der Waals surface area contributed by atoms with Gasteiger partial charge in [0.2, 0.25) is 0 Å². The van der Waals surface area contributed by atoms with Gasteiger partial charge >= 0.3 is 6.98 Å². The van der Waals surface area contributed by atoms with E-state index < -0.39 is 0 Å². The largest absolute Gasteiger partial charge is 0.415 e. The molecule has 0 aliphatic carbocycles. The van der Waals surface area contributed by atoms with E-state index in [1.54, 1.807) is 0 Å². The smallest absolute Gasteiger partial charge is 0.394 e. The maximum Gasteiger partial charge on any atom is 0.415 e. The molecule has 0 atom stereocenters. The van der Waals surface area contributed by atoms with Crippen molar-refractivity contribution in [2.45, 2.75) is 60.3 Å². The molecule has 0 amide bonds. The van der Waals surface area contributed by atoms with E-state index in [4.69, 9.17) is 0 Å². The zero-order valence-electron chi connectivity index (χ0n) is 19.2. The molecule has 150 valence electrons. The summed E-state index contributed by atoms with van der Waals surface area (Å²) in [6.07, 6.45) is 2.29. The number of fused-ring (bicyclic) bond motifs is 3. The van der Waals surface area contributed by atoms with Crippen LogP contribution in [0.15, 0.2) is 42.6 Å². The van der Waals surface area contributed by atoms with Gasteiger partial charge in [0, 0.05) is 16.9 Å². The van der Waals surface area contributed by atoms with Gasteiger partial charge in [-0.1, -0.05) is 58.0 Å². The summed E-state index contributed by atoms with van der Waals surface area (Å²) in [7, 11) is 2.27. The average molecular weight is 384 g/mol. The first-order valence-corrected chi connectivity index (χ1v) is 10.9. The topological polar surface area (TPSA) is 8.17 Å². The third kappa shape index (κ3) is 2.94. The lowest BCUT2D eigenvalue weighted by Gasteiger charge is -2.40. The van der Waals surface area contributed by atoms with Crippen LogP contribution >= 0.6 is 0 Å². The van der Waals surface area contributed by atoms with Crippen LogP contribution in [0.3, 0.4) is 0 Å². The Bertz CT molecular complexity index is 1050. The van der Waals surface area contributed by atoms with E-state index in [9.17, 15) is 0 Å².